The van der Waals surface area contributed by atoms with Crippen molar-refractivity contribution in [3.05, 3.63) is 53.1 Å². The zero-order chi connectivity index (χ0) is 26.1. The lowest BCUT2D eigenvalue weighted by atomic mass is 9.92. The van der Waals surface area contributed by atoms with Crippen molar-refractivity contribution in [2.45, 2.75) is 50.4 Å². The predicted molar refractivity (Wildman–Crippen MR) is 131 cm³/mol. The Kier molecular flexibility index (Phi) is 10.1. The molecule has 0 spiro atoms. The summed E-state index contributed by atoms with van der Waals surface area (Å²) in [6.45, 7) is 1.18. The normalized spacial score (nSPS) is 17.9. The standard InChI is InChI=1S/C24H30ClF3N4O4/c25-16-2-4-17(5-3-16)29-12-1-13-30-23(33)15-36-20-9-6-18(7-10-20)31-19-8-11-22(32(34)35)21(14-19)24(26,27)28/h2-5,8,11,14,18,20,29,31,34-35H,1,6-7,9-10,12-13,15H2,(H,30,33). The molecule has 1 aliphatic rings. The molecule has 0 unspecified atom stereocenters. The van der Waals surface area contributed by atoms with E-state index in [1.54, 1.807) is 12.1 Å². The van der Waals surface area contributed by atoms with Gasteiger partial charge in [0, 0.05) is 35.5 Å². The van der Waals surface area contributed by atoms with E-state index in [9.17, 15) is 18.0 Å². The molecule has 0 saturated heterocycles. The average Bonchev–Trinajstić information content (AvgIpc) is 2.84. The van der Waals surface area contributed by atoms with E-state index >= 15 is 0 Å². The van der Waals surface area contributed by atoms with Gasteiger partial charge in [-0.05, 0) is 74.6 Å². The number of alkyl halides is 3. The molecule has 1 fully saturated rings. The van der Waals surface area contributed by atoms with Gasteiger partial charge in [-0.3, -0.25) is 15.2 Å². The molecule has 36 heavy (non-hydrogen) atoms. The van der Waals surface area contributed by atoms with E-state index in [-0.39, 0.29) is 30.3 Å². The number of halogens is 4. The number of carbonyl (C=O) groups is 1. The van der Waals surface area contributed by atoms with Crippen molar-refractivity contribution in [1.82, 2.24) is 5.32 Å². The quantitative estimate of drug-likeness (QED) is 0.198. The van der Waals surface area contributed by atoms with Crippen LogP contribution in [0.15, 0.2) is 42.5 Å². The average molecular weight is 531 g/mol. The van der Waals surface area contributed by atoms with Gasteiger partial charge in [-0.25, -0.2) is 0 Å². The Labute approximate surface area is 212 Å². The minimum Gasteiger partial charge on any atom is -0.385 e. The fraction of sp³-hybridized carbons (Fsp3) is 0.458. The van der Waals surface area contributed by atoms with E-state index < -0.39 is 22.7 Å². The van der Waals surface area contributed by atoms with Crippen molar-refractivity contribution in [3.63, 3.8) is 0 Å². The number of hydrogen-bond donors (Lipinski definition) is 5. The summed E-state index contributed by atoms with van der Waals surface area (Å²) in [6, 6.07) is 10.5. The Morgan fingerprint density at radius 2 is 1.69 bits per heavy atom. The van der Waals surface area contributed by atoms with E-state index in [1.807, 2.05) is 12.1 Å². The first-order chi connectivity index (χ1) is 17.1. The zero-order valence-electron chi connectivity index (χ0n) is 19.5. The fourth-order valence-corrected chi connectivity index (χ4v) is 4.12. The lowest BCUT2D eigenvalue weighted by Gasteiger charge is -2.30. The lowest BCUT2D eigenvalue weighted by molar-refractivity contribution is -0.138. The summed E-state index contributed by atoms with van der Waals surface area (Å²) in [4.78, 5) is 12.0. The highest BCUT2D eigenvalue weighted by atomic mass is 35.5. The molecule has 1 saturated carbocycles. The molecular formula is C24H30ClF3N4O4. The highest BCUT2D eigenvalue weighted by Gasteiger charge is 2.35. The van der Waals surface area contributed by atoms with Gasteiger partial charge in [-0.2, -0.15) is 13.2 Å². The smallest absolute Gasteiger partial charge is 0.385 e. The highest BCUT2D eigenvalue weighted by molar-refractivity contribution is 6.30. The van der Waals surface area contributed by atoms with Gasteiger partial charge >= 0.3 is 6.18 Å². The van der Waals surface area contributed by atoms with Gasteiger partial charge in [-0.15, -0.1) is 5.23 Å². The first-order valence-corrected chi connectivity index (χ1v) is 12.0. The third-order valence-electron chi connectivity index (χ3n) is 5.86. The Bertz CT molecular complexity index is 984. The molecule has 0 bridgehead atoms. The van der Waals surface area contributed by atoms with Crippen molar-refractivity contribution in [2.75, 3.05) is 35.6 Å². The van der Waals surface area contributed by atoms with Crippen molar-refractivity contribution in [1.29, 1.82) is 0 Å². The maximum Gasteiger partial charge on any atom is 0.418 e. The largest absolute Gasteiger partial charge is 0.418 e. The van der Waals surface area contributed by atoms with Gasteiger partial charge in [0.05, 0.1) is 11.7 Å². The molecule has 2 aromatic carbocycles. The predicted octanol–water partition coefficient (Wildman–Crippen LogP) is 5.30. The molecule has 8 nitrogen and oxygen atoms in total. The molecule has 1 amide bonds. The Morgan fingerprint density at radius 1 is 1.03 bits per heavy atom. The third kappa shape index (κ3) is 8.74. The van der Waals surface area contributed by atoms with E-state index in [1.165, 1.54) is 6.07 Å². The highest BCUT2D eigenvalue weighted by Crippen LogP contribution is 2.38. The van der Waals surface area contributed by atoms with Gasteiger partial charge in [0.25, 0.3) is 0 Å². The van der Waals surface area contributed by atoms with Crippen LogP contribution in [0.25, 0.3) is 0 Å². The fourth-order valence-electron chi connectivity index (χ4n) is 4.00. The molecule has 0 aliphatic heterocycles. The summed E-state index contributed by atoms with van der Waals surface area (Å²) in [6.07, 6.45) is -1.42. The maximum absolute atomic E-state index is 13.2. The number of anilines is 3. The second kappa shape index (κ2) is 13.0. The van der Waals surface area contributed by atoms with Gasteiger partial charge in [0.1, 0.15) is 12.3 Å². The number of nitrogens with zero attached hydrogens (tertiary/aromatic N) is 1. The first kappa shape index (κ1) is 27.9. The molecule has 1 aliphatic carbocycles. The number of ether oxygens (including phenoxy) is 1. The summed E-state index contributed by atoms with van der Waals surface area (Å²) in [5, 5.41) is 27.3. The monoisotopic (exact) mass is 530 g/mol. The number of carbonyl (C=O) groups excluding carboxylic acids is 1. The van der Waals surface area contributed by atoms with E-state index in [0.717, 1.165) is 24.2 Å². The van der Waals surface area contributed by atoms with Crippen LogP contribution in [-0.4, -0.2) is 48.2 Å². The molecule has 5 N–H and O–H groups in total. The van der Waals surface area contributed by atoms with Crippen molar-refractivity contribution in [3.8, 4) is 0 Å². The van der Waals surface area contributed by atoms with Crippen LogP contribution in [0.4, 0.5) is 30.2 Å². The summed E-state index contributed by atoms with van der Waals surface area (Å²) in [7, 11) is 0. The topological polar surface area (TPSA) is 106 Å². The second-order valence-corrected chi connectivity index (χ2v) is 9.02. The minimum atomic E-state index is -4.74. The Balaban J connectivity index is 1.32. The zero-order valence-corrected chi connectivity index (χ0v) is 20.3. The molecule has 3 rings (SSSR count). The van der Waals surface area contributed by atoms with Crippen LogP contribution >= 0.6 is 11.6 Å². The van der Waals surface area contributed by atoms with Gasteiger partial charge in [0.15, 0.2) is 0 Å². The lowest BCUT2D eigenvalue weighted by Crippen LogP contribution is -2.34. The maximum atomic E-state index is 13.2. The van der Waals surface area contributed by atoms with E-state index in [0.29, 0.717) is 43.8 Å². The number of hydrogen-bond acceptors (Lipinski definition) is 7. The van der Waals surface area contributed by atoms with E-state index in [2.05, 4.69) is 16.0 Å². The van der Waals surface area contributed by atoms with Crippen LogP contribution in [0.1, 0.15) is 37.7 Å². The van der Waals surface area contributed by atoms with Crippen LogP contribution in [0, 0.1) is 0 Å². The number of amides is 1. The third-order valence-corrected chi connectivity index (χ3v) is 6.11. The van der Waals surface area contributed by atoms with Gasteiger partial charge in [-0.1, -0.05) is 11.6 Å². The molecule has 12 heteroatoms. The molecule has 0 heterocycles. The summed E-state index contributed by atoms with van der Waals surface area (Å²) in [5.41, 5.74) is -0.705. The summed E-state index contributed by atoms with van der Waals surface area (Å²) >= 11 is 5.85. The first-order valence-electron chi connectivity index (χ1n) is 11.6. The van der Waals surface area contributed by atoms with Crippen molar-refractivity contribution >= 4 is 34.6 Å². The SMILES string of the molecule is O=C(COC1CCC(Nc2ccc(N(O)O)c(C(F)(F)F)c2)CC1)NCCCNc1ccc(Cl)cc1. The van der Waals surface area contributed by atoms with Crippen LogP contribution in [-0.2, 0) is 15.7 Å². The second-order valence-electron chi connectivity index (χ2n) is 8.59. The Hall–Kier alpha value is -2.73. The Morgan fingerprint density at radius 3 is 2.33 bits per heavy atom. The summed E-state index contributed by atoms with van der Waals surface area (Å²) in [5.74, 6) is -0.191. The van der Waals surface area contributed by atoms with Gasteiger partial charge < -0.3 is 20.7 Å². The number of nitrogens with one attached hydrogen (secondary N) is 3. The van der Waals surface area contributed by atoms with Crippen LogP contribution in [0.3, 0.4) is 0 Å². The molecule has 0 atom stereocenters. The molecule has 0 aromatic heterocycles. The van der Waals surface area contributed by atoms with Crippen LogP contribution in [0.5, 0.6) is 0 Å². The molecular weight excluding hydrogens is 501 g/mol. The molecule has 0 radical (unpaired) electrons. The van der Waals surface area contributed by atoms with Crippen molar-refractivity contribution in [2.24, 2.45) is 0 Å². The number of benzene rings is 2. The van der Waals surface area contributed by atoms with Gasteiger partial charge in [0.2, 0.25) is 5.91 Å². The summed E-state index contributed by atoms with van der Waals surface area (Å²) < 4.78 is 45.4. The van der Waals surface area contributed by atoms with Crippen LogP contribution in [0.2, 0.25) is 5.02 Å². The molecule has 198 valence electrons. The minimum absolute atomic E-state index is 0.0391. The van der Waals surface area contributed by atoms with E-state index in [4.69, 9.17) is 26.8 Å². The van der Waals surface area contributed by atoms with Crippen LogP contribution < -0.4 is 21.2 Å². The number of rotatable bonds is 11. The van der Waals surface area contributed by atoms with Crippen molar-refractivity contribution < 1.29 is 33.1 Å². The molecule has 2 aromatic rings.